The molecule has 2 aliphatic rings. The van der Waals surface area contributed by atoms with E-state index in [-0.39, 0.29) is 24.0 Å². The number of fused-ring (bicyclic) bond motifs is 1. The molecule has 1 fully saturated rings. The fourth-order valence-corrected chi connectivity index (χ4v) is 5.73. The summed E-state index contributed by atoms with van der Waals surface area (Å²) in [5, 5.41) is 9.99. The zero-order valence-corrected chi connectivity index (χ0v) is 19.3. The average Bonchev–Trinajstić information content (AvgIpc) is 2.76. The number of piperidine rings is 1. The van der Waals surface area contributed by atoms with Crippen LogP contribution in [0.2, 0.25) is 5.02 Å². The minimum absolute atomic E-state index is 0.0580. The summed E-state index contributed by atoms with van der Waals surface area (Å²) in [6, 6.07) is 16.4. The number of hydrogen-bond donors (Lipinski definition) is 1. The molecule has 4 nitrogen and oxygen atoms in total. The van der Waals surface area contributed by atoms with Gasteiger partial charge >= 0.3 is 0 Å². The Labute approximate surface area is 190 Å². The van der Waals surface area contributed by atoms with Gasteiger partial charge < -0.3 is 10.0 Å². The number of aliphatic hydroxyl groups is 1. The third kappa shape index (κ3) is 4.39. The van der Waals surface area contributed by atoms with Crippen LogP contribution in [0.15, 0.2) is 48.5 Å². The molecule has 1 saturated heterocycles. The zero-order valence-electron chi connectivity index (χ0n) is 18.6. The van der Waals surface area contributed by atoms with Crippen LogP contribution < -0.4 is 4.90 Å². The molecule has 2 heterocycles. The van der Waals surface area contributed by atoms with Crippen molar-refractivity contribution in [1.29, 1.82) is 0 Å². The molecule has 0 saturated carbocycles. The van der Waals surface area contributed by atoms with E-state index in [1.807, 2.05) is 17.0 Å². The molecule has 0 spiro atoms. The summed E-state index contributed by atoms with van der Waals surface area (Å²) in [6.45, 7) is 6.75. The van der Waals surface area contributed by atoms with Crippen LogP contribution in [0.5, 0.6) is 0 Å². The molecule has 5 heteroatoms. The van der Waals surface area contributed by atoms with E-state index in [4.69, 9.17) is 11.6 Å². The number of carbonyl (C=O) groups is 1. The second kappa shape index (κ2) is 9.32. The number of halogens is 1. The highest BCUT2D eigenvalue weighted by atomic mass is 35.5. The van der Waals surface area contributed by atoms with Gasteiger partial charge in [0.05, 0.1) is 16.8 Å². The maximum atomic E-state index is 13.8. The molecular weight excluding hydrogens is 408 g/mol. The lowest BCUT2D eigenvalue weighted by molar-refractivity contribution is -0.127. The largest absolute Gasteiger partial charge is 0.396 e. The molecule has 1 atom stereocenters. The third-order valence-electron chi connectivity index (χ3n) is 7.06. The molecular formula is C26H33ClN2O2. The Kier molecular flexibility index (Phi) is 6.71. The molecule has 1 amide bonds. The Morgan fingerprint density at radius 2 is 1.77 bits per heavy atom. The van der Waals surface area contributed by atoms with Gasteiger partial charge in [-0.2, -0.15) is 0 Å². The van der Waals surface area contributed by atoms with E-state index in [2.05, 4.69) is 55.1 Å². The summed E-state index contributed by atoms with van der Waals surface area (Å²) in [5.74, 6) is 0.772. The van der Waals surface area contributed by atoms with E-state index in [1.165, 1.54) is 5.56 Å². The first-order valence-corrected chi connectivity index (χ1v) is 11.8. The number of rotatable bonds is 6. The van der Waals surface area contributed by atoms with E-state index in [0.29, 0.717) is 23.9 Å². The quantitative estimate of drug-likeness (QED) is 0.709. The maximum Gasteiger partial charge on any atom is 0.245 e. The number of amides is 1. The van der Waals surface area contributed by atoms with E-state index in [1.54, 1.807) is 0 Å². The number of benzene rings is 2. The minimum Gasteiger partial charge on any atom is -0.396 e. The molecule has 0 radical (unpaired) electrons. The van der Waals surface area contributed by atoms with Crippen molar-refractivity contribution in [3.63, 3.8) is 0 Å². The second-order valence-corrected chi connectivity index (χ2v) is 9.90. The van der Waals surface area contributed by atoms with Gasteiger partial charge in [-0.15, -0.1) is 0 Å². The van der Waals surface area contributed by atoms with Gasteiger partial charge in [-0.1, -0.05) is 67.9 Å². The number of carbonyl (C=O) groups excluding carboxylic acids is 1. The predicted octanol–water partition coefficient (Wildman–Crippen LogP) is 4.67. The van der Waals surface area contributed by atoms with Crippen LogP contribution >= 0.6 is 11.6 Å². The summed E-state index contributed by atoms with van der Waals surface area (Å²) in [7, 11) is 0. The van der Waals surface area contributed by atoms with Crippen molar-refractivity contribution in [3.8, 4) is 0 Å². The number of para-hydroxylation sites is 1. The standard InChI is InChI=1S/C26H33ClN2O2/c1-26(2)21-10-6-11-22(27)23(21)29(14-7-17-30)25(31)24(26)28-15-12-20(13-16-28)18-19-8-4-3-5-9-19/h3-6,8-11,20,24,30H,7,12-18H2,1-2H3. The van der Waals surface area contributed by atoms with E-state index in [0.717, 1.165) is 43.6 Å². The van der Waals surface area contributed by atoms with E-state index < -0.39 is 0 Å². The SMILES string of the molecule is CC1(C)c2cccc(Cl)c2N(CCCO)C(=O)C1N1CCC(Cc2ccccc2)CC1. The highest BCUT2D eigenvalue weighted by Gasteiger charge is 2.49. The third-order valence-corrected chi connectivity index (χ3v) is 7.36. The summed E-state index contributed by atoms with van der Waals surface area (Å²) in [4.78, 5) is 18.0. The van der Waals surface area contributed by atoms with Gasteiger partial charge in [0, 0.05) is 18.6 Å². The van der Waals surface area contributed by atoms with Gasteiger partial charge in [-0.3, -0.25) is 9.69 Å². The molecule has 2 aliphatic heterocycles. The number of hydrogen-bond acceptors (Lipinski definition) is 3. The van der Waals surface area contributed by atoms with E-state index in [9.17, 15) is 9.90 Å². The fourth-order valence-electron chi connectivity index (χ4n) is 5.45. The Bertz CT molecular complexity index is 907. The van der Waals surface area contributed by atoms with Gasteiger partial charge in [-0.25, -0.2) is 0 Å². The lowest BCUT2D eigenvalue weighted by Gasteiger charge is -2.50. The molecule has 2 aromatic rings. The molecule has 0 bridgehead atoms. The summed E-state index contributed by atoms with van der Waals surface area (Å²) in [6.07, 6.45) is 3.86. The van der Waals surface area contributed by atoms with Crippen LogP contribution in [0.25, 0.3) is 0 Å². The predicted molar refractivity (Wildman–Crippen MR) is 127 cm³/mol. The Balaban J connectivity index is 1.56. The van der Waals surface area contributed by atoms with Crippen LogP contribution in [-0.2, 0) is 16.6 Å². The first-order valence-electron chi connectivity index (χ1n) is 11.4. The highest BCUT2D eigenvalue weighted by molar-refractivity contribution is 6.34. The molecule has 31 heavy (non-hydrogen) atoms. The number of nitrogens with zero attached hydrogens (tertiary/aromatic N) is 2. The molecule has 0 aliphatic carbocycles. The van der Waals surface area contributed by atoms with Gasteiger partial charge in [0.25, 0.3) is 0 Å². The van der Waals surface area contributed by atoms with Crippen molar-refractivity contribution in [2.75, 3.05) is 31.1 Å². The fraction of sp³-hybridized carbons (Fsp3) is 0.500. The van der Waals surface area contributed by atoms with Crippen molar-refractivity contribution in [2.45, 2.75) is 51.0 Å². The molecule has 166 valence electrons. The Morgan fingerprint density at radius 1 is 1.06 bits per heavy atom. The molecule has 2 aromatic carbocycles. The lowest BCUT2D eigenvalue weighted by atomic mass is 9.72. The van der Waals surface area contributed by atoms with Gasteiger partial charge in [0.1, 0.15) is 0 Å². The first kappa shape index (κ1) is 22.3. The lowest BCUT2D eigenvalue weighted by Crippen LogP contribution is -2.62. The normalized spacial score (nSPS) is 21.9. The molecule has 1 N–H and O–H groups in total. The van der Waals surface area contributed by atoms with Gasteiger partial charge in [0.2, 0.25) is 5.91 Å². The van der Waals surface area contributed by atoms with Gasteiger partial charge in [0.15, 0.2) is 0 Å². The van der Waals surface area contributed by atoms with Crippen LogP contribution in [0, 0.1) is 5.92 Å². The topological polar surface area (TPSA) is 43.8 Å². The second-order valence-electron chi connectivity index (χ2n) is 9.50. The van der Waals surface area contributed by atoms with Crippen molar-refractivity contribution < 1.29 is 9.90 Å². The maximum absolute atomic E-state index is 13.8. The van der Waals surface area contributed by atoms with Crippen LogP contribution in [0.3, 0.4) is 0 Å². The number of anilines is 1. The number of aliphatic hydroxyl groups excluding tert-OH is 1. The molecule has 1 unspecified atom stereocenters. The first-order chi connectivity index (χ1) is 14.9. The highest BCUT2D eigenvalue weighted by Crippen LogP contribution is 2.46. The number of likely N-dealkylation sites (tertiary alicyclic amines) is 1. The summed E-state index contributed by atoms with van der Waals surface area (Å²) in [5.41, 5.74) is 3.00. The molecule has 4 rings (SSSR count). The summed E-state index contributed by atoms with van der Waals surface area (Å²) >= 11 is 6.57. The minimum atomic E-state index is -0.334. The zero-order chi connectivity index (χ0) is 22.0. The monoisotopic (exact) mass is 440 g/mol. The van der Waals surface area contributed by atoms with Crippen molar-refractivity contribution >= 4 is 23.2 Å². The Morgan fingerprint density at radius 3 is 2.45 bits per heavy atom. The van der Waals surface area contributed by atoms with Crippen LogP contribution in [0.1, 0.15) is 44.2 Å². The Hall–Kier alpha value is -1.88. The van der Waals surface area contributed by atoms with Crippen molar-refractivity contribution in [2.24, 2.45) is 5.92 Å². The van der Waals surface area contributed by atoms with Crippen molar-refractivity contribution in [1.82, 2.24) is 4.90 Å². The van der Waals surface area contributed by atoms with E-state index >= 15 is 0 Å². The average molecular weight is 441 g/mol. The van der Waals surface area contributed by atoms with Gasteiger partial charge in [-0.05, 0) is 61.9 Å². The van der Waals surface area contributed by atoms with Crippen LogP contribution in [-0.4, -0.2) is 48.2 Å². The molecule has 0 aromatic heterocycles. The van der Waals surface area contributed by atoms with Crippen LogP contribution in [0.4, 0.5) is 5.69 Å². The van der Waals surface area contributed by atoms with Crippen molar-refractivity contribution in [3.05, 3.63) is 64.7 Å². The smallest absolute Gasteiger partial charge is 0.245 e. The summed E-state index contributed by atoms with van der Waals surface area (Å²) < 4.78 is 0.